The minimum Gasteiger partial charge on any atom is -0.457 e. The maximum atomic E-state index is 13.4. The molecule has 0 aliphatic heterocycles. The van der Waals surface area contributed by atoms with Gasteiger partial charge in [-0.1, -0.05) is 0 Å². The summed E-state index contributed by atoms with van der Waals surface area (Å²) in [4.78, 5) is 0. The van der Waals surface area contributed by atoms with Gasteiger partial charge in [0.25, 0.3) is 0 Å². The van der Waals surface area contributed by atoms with Gasteiger partial charge < -0.3 is 9.84 Å². The lowest BCUT2D eigenvalue weighted by Gasteiger charge is -2.13. The molecule has 1 atom stereocenters. The third-order valence-corrected chi connectivity index (χ3v) is 3.18. The van der Waals surface area contributed by atoms with Gasteiger partial charge in [-0.05, 0) is 53.2 Å². The van der Waals surface area contributed by atoms with Crippen molar-refractivity contribution in [3.05, 3.63) is 58.1 Å². The Labute approximate surface area is 117 Å². The van der Waals surface area contributed by atoms with Gasteiger partial charge in [-0.2, -0.15) is 0 Å². The summed E-state index contributed by atoms with van der Waals surface area (Å²) >= 11 is 3.04. The van der Waals surface area contributed by atoms with E-state index in [4.69, 9.17) is 4.74 Å². The standard InChI is InChI=1S/C14H11BrF2O2/c1-8(18)11-6-9(16)2-5-14(11)19-10-3-4-12(15)13(17)7-10/h2-8,18H,1H3. The molecule has 0 saturated heterocycles. The number of ether oxygens (including phenoxy) is 1. The van der Waals surface area contributed by atoms with E-state index in [-0.39, 0.29) is 11.5 Å². The molecule has 0 bridgehead atoms. The summed E-state index contributed by atoms with van der Waals surface area (Å²) in [6.07, 6.45) is -0.883. The lowest BCUT2D eigenvalue weighted by Crippen LogP contribution is -1.97. The van der Waals surface area contributed by atoms with Crippen molar-refractivity contribution in [1.82, 2.24) is 0 Å². The van der Waals surface area contributed by atoms with Crippen LogP contribution in [0, 0.1) is 11.6 Å². The number of hydrogen-bond acceptors (Lipinski definition) is 2. The summed E-state index contributed by atoms with van der Waals surface area (Å²) in [5.74, 6) is -0.365. The predicted octanol–water partition coefficient (Wildman–Crippen LogP) is 4.57. The van der Waals surface area contributed by atoms with Crippen molar-refractivity contribution in [3.8, 4) is 11.5 Å². The fourth-order valence-electron chi connectivity index (χ4n) is 1.61. The first-order chi connectivity index (χ1) is 8.97. The number of hydrogen-bond donors (Lipinski definition) is 1. The van der Waals surface area contributed by atoms with Crippen molar-refractivity contribution >= 4 is 15.9 Å². The number of aliphatic hydroxyl groups excluding tert-OH is 1. The minimum absolute atomic E-state index is 0.272. The molecule has 2 rings (SSSR count). The summed E-state index contributed by atoms with van der Waals surface area (Å²) in [6, 6.07) is 8.10. The van der Waals surface area contributed by atoms with Crippen LogP contribution in [-0.2, 0) is 0 Å². The quantitative estimate of drug-likeness (QED) is 0.894. The highest BCUT2D eigenvalue weighted by Crippen LogP contribution is 2.31. The Bertz CT molecular complexity index is 600. The highest BCUT2D eigenvalue weighted by atomic mass is 79.9. The molecule has 1 unspecified atom stereocenters. The Morgan fingerprint density at radius 2 is 1.89 bits per heavy atom. The third kappa shape index (κ3) is 3.30. The first-order valence-electron chi connectivity index (χ1n) is 5.58. The molecule has 1 N–H and O–H groups in total. The van der Waals surface area contributed by atoms with Crippen LogP contribution in [0.2, 0.25) is 0 Å². The Morgan fingerprint density at radius 1 is 1.16 bits per heavy atom. The molecule has 19 heavy (non-hydrogen) atoms. The maximum absolute atomic E-state index is 13.4. The van der Waals surface area contributed by atoms with Crippen molar-refractivity contribution in [2.24, 2.45) is 0 Å². The molecular weight excluding hydrogens is 318 g/mol. The fraction of sp³-hybridized carbons (Fsp3) is 0.143. The van der Waals surface area contributed by atoms with Gasteiger partial charge in [0, 0.05) is 11.6 Å². The average Bonchev–Trinajstić information content (AvgIpc) is 2.36. The molecule has 2 aromatic rings. The van der Waals surface area contributed by atoms with Crippen molar-refractivity contribution < 1.29 is 18.6 Å². The Hall–Kier alpha value is -1.46. The number of rotatable bonds is 3. The van der Waals surface area contributed by atoms with Crippen molar-refractivity contribution in [2.75, 3.05) is 0 Å². The van der Waals surface area contributed by atoms with E-state index in [0.29, 0.717) is 10.0 Å². The van der Waals surface area contributed by atoms with Crippen molar-refractivity contribution in [2.45, 2.75) is 13.0 Å². The van der Waals surface area contributed by atoms with Gasteiger partial charge in [0.1, 0.15) is 23.1 Å². The fourth-order valence-corrected chi connectivity index (χ4v) is 1.85. The minimum atomic E-state index is -0.883. The first-order valence-corrected chi connectivity index (χ1v) is 6.37. The van der Waals surface area contributed by atoms with Gasteiger partial charge in [-0.25, -0.2) is 8.78 Å². The number of aliphatic hydroxyl groups is 1. The van der Waals surface area contributed by atoms with Crippen LogP contribution in [0.15, 0.2) is 40.9 Å². The molecule has 2 nitrogen and oxygen atoms in total. The zero-order valence-corrected chi connectivity index (χ0v) is 11.6. The van der Waals surface area contributed by atoms with E-state index < -0.39 is 17.7 Å². The predicted molar refractivity (Wildman–Crippen MR) is 71.2 cm³/mol. The van der Waals surface area contributed by atoms with Crippen LogP contribution in [0.4, 0.5) is 8.78 Å². The van der Waals surface area contributed by atoms with E-state index in [1.807, 2.05) is 0 Å². The van der Waals surface area contributed by atoms with E-state index in [9.17, 15) is 13.9 Å². The van der Waals surface area contributed by atoms with Crippen molar-refractivity contribution in [3.63, 3.8) is 0 Å². The van der Waals surface area contributed by atoms with Crippen LogP contribution < -0.4 is 4.74 Å². The highest BCUT2D eigenvalue weighted by Gasteiger charge is 2.12. The number of halogens is 3. The summed E-state index contributed by atoms with van der Waals surface area (Å²) in [6.45, 7) is 1.50. The highest BCUT2D eigenvalue weighted by molar-refractivity contribution is 9.10. The maximum Gasteiger partial charge on any atom is 0.141 e. The molecule has 0 radical (unpaired) electrons. The number of benzene rings is 2. The average molecular weight is 329 g/mol. The van der Waals surface area contributed by atoms with Gasteiger partial charge in [0.05, 0.1) is 10.6 Å². The Morgan fingerprint density at radius 3 is 2.53 bits per heavy atom. The third-order valence-electron chi connectivity index (χ3n) is 2.54. The largest absolute Gasteiger partial charge is 0.457 e. The summed E-state index contributed by atoms with van der Waals surface area (Å²) in [5, 5.41) is 9.58. The second kappa shape index (κ2) is 5.67. The van der Waals surface area contributed by atoms with Gasteiger partial charge in [-0.3, -0.25) is 0 Å². The molecule has 5 heteroatoms. The monoisotopic (exact) mass is 328 g/mol. The Balaban J connectivity index is 2.35. The smallest absolute Gasteiger partial charge is 0.141 e. The van der Waals surface area contributed by atoms with E-state index in [1.165, 1.54) is 37.3 Å². The zero-order chi connectivity index (χ0) is 14.0. The summed E-state index contributed by atoms with van der Waals surface area (Å²) < 4.78 is 32.3. The van der Waals surface area contributed by atoms with Gasteiger partial charge in [0.2, 0.25) is 0 Å². The van der Waals surface area contributed by atoms with E-state index >= 15 is 0 Å². The van der Waals surface area contributed by atoms with Gasteiger partial charge in [0.15, 0.2) is 0 Å². The normalized spacial score (nSPS) is 12.3. The molecule has 0 fully saturated rings. The molecule has 0 amide bonds. The summed E-state index contributed by atoms with van der Waals surface area (Å²) in [5.41, 5.74) is 0.309. The lowest BCUT2D eigenvalue weighted by molar-refractivity contribution is 0.195. The van der Waals surface area contributed by atoms with Gasteiger partial charge >= 0.3 is 0 Å². The molecule has 0 spiro atoms. The van der Waals surface area contributed by atoms with Crippen LogP contribution in [0.1, 0.15) is 18.6 Å². The van der Waals surface area contributed by atoms with Crippen LogP contribution in [-0.4, -0.2) is 5.11 Å². The molecule has 0 aliphatic rings. The van der Waals surface area contributed by atoms with Crippen LogP contribution in [0.3, 0.4) is 0 Å². The molecule has 0 aliphatic carbocycles. The molecule has 0 saturated carbocycles. The van der Waals surface area contributed by atoms with E-state index in [0.717, 1.165) is 0 Å². The van der Waals surface area contributed by atoms with E-state index in [2.05, 4.69) is 15.9 Å². The SMILES string of the molecule is CC(O)c1cc(F)ccc1Oc1ccc(Br)c(F)c1. The van der Waals surface area contributed by atoms with Gasteiger partial charge in [-0.15, -0.1) is 0 Å². The Kier molecular flexibility index (Phi) is 4.17. The first kappa shape index (κ1) is 14.0. The molecule has 2 aromatic carbocycles. The molecular formula is C14H11BrF2O2. The van der Waals surface area contributed by atoms with Crippen LogP contribution >= 0.6 is 15.9 Å². The van der Waals surface area contributed by atoms with E-state index in [1.54, 1.807) is 6.07 Å². The zero-order valence-electron chi connectivity index (χ0n) is 10.0. The van der Waals surface area contributed by atoms with Crippen LogP contribution in [0.5, 0.6) is 11.5 Å². The van der Waals surface area contributed by atoms with Crippen molar-refractivity contribution in [1.29, 1.82) is 0 Å². The molecule has 0 aromatic heterocycles. The topological polar surface area (TPSA) is 29.5 Å². The second-order valence-electron chi connectivity index (χ2n) is 4.04. The molecule has 0 heterocycles. The lowest BCUT2D eigenvalue weighted by atomic mass is 10.1. The molecule has 100 valence electrons. The van der Waals surface area contributed by atoms with Crippen LogP contribution in [0.25, 0.3) is 0 Å². The summed E-state index contributed by atoms with van der Waals surface area (Å²) in [7, 11) is 0. The second-order valence-corrected chi connectivity index (χ2v) is 4.89.